The van der Waals surface area contributed by atoms with Crippen LogP contribution in [0.2, 0.25) is 0 Å². The topological polar surface area (TPSA) is 88.2 Å². The summed E-state index contributed by atoms with van der Waals surface area (Å²) in [6.07, 6.45) is 2.20. The zero-order valence-corrected chi connectivity index (χ0v) is 10.6. The minimum absolute atomic E-state index is 0.0180. The van der Waals surface area contributed by atoms with Crippen LogP contribution in [0, 0.1) is 5.92 Å². The first kappa shape index (κ1) is 12.8. The fourth-order valence-corrected chi connectivity index (χ4v) is 3.73. The zero-order valence-electron chi connectivity index (χ0n) is 9.80. The number of carbonyl (C=O) groups is 1. The highest BCUT2D eigenvalue weighted by Gasteiger charge is 2.27. The van der Waals surface area contributed by atoms with Crippen LogP contribution in [0.25, 0.3) is 0 Å². The van der Waals surface area contributed by atoms with E-state index in [4.69, 9.17) is 0 Å². The molecular formula is C11H15N3O3S. The predicted molar refractivity (Wildman–Crippen MR) is 68.0 cm³/mol. The van der Waals surface area contributed by atoms with E-state index in [9.17, 15) is 13.2 Å². The summed E-state index contributed by atoms with van der Waals surface area (Å²) < 4.78 is 22.5. The Labute approximate surface area is 106 Å². The van der Waals surface area contributed by atoms with Gasteiger partial charge in [0.05, 0.1) is 11.5 Å². The summed E-state index contributed by atoms with van der Waals surface area (Å²) >= 11 is 0. The molecule has 1 aromatic rings. The normalized spacial score (nSPS) is 21.4. The van der Waals surface area contributed by atoms with Gasteiger partial charge in [0.15, 0.2) is 9.84 Å². The molecule has 6 nitrogen and oxygen atoms in total. The van der Waals surface area contributed by atoms with E-state index in [1.807, 2.05) is 0 Å². The Hall–Kier alpha value is -1.63. The Morgan fingerprint density at radius 2 is 2.28 bits per heavy atom. The number of carbonyl (C=O) groups excluding carboxylic acids is 1. The molecule has 1 atom stereocenters. The SMILES string of the molecule is O=C(NC[C@@H]1CCS(=O)(=O)C1)Nc1ccccn1. The minimum atomic E-state index is -2.89. The molecule has 0 radical (unpaired) electrons. The Morgan fingerprint density at radius 1 is 1.44 bits per heavy atom. The standard InChI is InChI=1S/C11H15N3O3S/c15-11(14-10-3-1-2-5-12-10)13-7-9-4-6-18(16,17)8-9/h1-3,5,9H,4,6-8H2,(H2,12,13,14,15)/t9-/m0/s1. The number of hydrogen-bond acceptors (Lipinski definition) is 4. The van der Waals surface area contributed by atoms with Gasteiger partial charge >= 0.3 is 6.03 Å². The fourth-order valence-electron chi connectivity index (χ4n) is 1.87. The minimum Gasteiger partial charge on any atom is -0.338 e. The van der Waals surface area contributed by atoms with Gasteiger partial charge in [-0.05, 0) is 24.5 Å². The second-order valence-corrected chi connectivity index (χ2v) is 6.55. The van der Waals surface area contributed by atoms with E-state index in [0.717, 1.165) is 0 Å². The Balaban J connectivity index is 1.76. The molecule has 0 saturated carbocycles. The Bertz CT molecular complexity index is 516. The van der Waals surface area contributed by atoms with Gasteiger partial charge < -0.3 is 5.32 Å². The van der Waals surface area contributed by atoms with Gasteiger partial charge in [-0.25, -0.2) is 18.2 Å². The van der Waals surface area contributed by atoms with Gasteiger partial charge in [0.1, 0.15) is 5.82 Å². The van der Waals surface area contributed by atoms with Crippen molar-refractivity contribution in [1.82, 2.24) is 10.3 Å². The molecule has 1 aromatic heterocycles. The van der Waals surface area contributed by atoms with E-state index in [2.05, 4.69) is 15.6 Å². The molecule has 1 fully saturated rings. The predicted octanol–water partition coefficient (Wildman–Crippen LogP) is 0.638. The van der Waals surface area contributed by atoms with Crippen molar-refractivity contribution in [1.29, 1.82) is 0 Å². The van der Waals surface area contributed by atoms with E-state index >= 15 is 0 Å². The molecule has 98 valence electrons. The number of sulfone groups is 1. The molecule has 1 saturated heterocycles. The number of anilines is 1. The molecule has 7 heteroatoms. The average molecular weight is 269 g/mol. The molecule has 2 N–H and O–H groups in total. The third-order valence-electron chi connectivity index (χ3n) is 2.78. The number of pyridine rings is 1. The monoisotopic (exact) mass is 269 g/mol. The van der Waals surface area contributed by atoms with E-state index in [0.29, 0.717) is 18.8 Å². The van der Waals surface area contributed by atoms with Crippen LogP contribution in [0.3, 0.4) is 0 Å². The molecule has 0 unspecified atom stereocenters. The maximum atomic E-state index is 11.5. The van der Waals surface area contributed by atoms with Crippen molar-refractivity contribution in [3.63, 3.8) is 0 Å². The van der Waals surface area contributed by atoms with Crippen LogP contribution in [0.4, 0.5) is 10.6 Å². The maximum absolute atomic E-state index is 11.5. The van der Waals surface area contributed by atoms with Crippen molar-refractivity contribution < 1.29 is 13.2 Å². The lowest BCUT2D eigenvalue weighted by Gasteiger charge is -2.10. The van der Waals surface area contributed by atoms with E-state index in [1.165, 1.54) is 0 Å². The van der Waals surface area contributed by atoms with Crippen molar-refractivity contribution in [2.24, 2.45) is 5.92 Å². The van der Waals surface area contributed by atoms with Crippen molar-refractivity contribution >= 4 is 21.7 Å². The molecule has 0 aliphatic carbocycles. The first-order valence-electron chi connectivity index (χ1n) is 5.71. The quantitative estimate of drug-likeness (QED) is 0.842. The number of nitrogens with zero attached hydrogens (tertiary/aromatic N) is 1. The number of hydrogen-bond donors (Lipinski definition) is 2. The second kappa shape index (κ2) is 5.34. The second-order valence-electron chi connectivity index (χ2n) is 4.32. The van der Waals surface area contributed by atoms with Gasteiger partial charge in [-0.3, -0.25) is 5.32 Å². The van der Waals surface area contributed by atoms with Gasteiger partial charge in [0, 0.05) is 12.7 Å². The summed E-state index contributed by atoms with van der Waals surface area (Å²) in [5.41, 5.74) is 0. The van der Waals surface area contributed by atoms with E-state index < -0.39 is 9.84 Å². The number of urea groups is 1. The number of nitrogens with one attached hydrogen (secondary N) is 2. The average Bonchev–Trinajstić information content (AvgIpc) is 2.68. The third-order valence-corrected chi connectivity index (χ3v) is 4.62. The summed E-state index contributed by atoms with van der Waals surface area (Å²) in [4.78, 5) is 15.5. The maximum Gasteiger partial charge on any atom is 0.320 e. The number of rotatable bonds is 3. The molecule has 1 aliphatic heterocycles. The molecular weight excluding hydrogens is 254 g/mol. The molecule has 2 rings (SSSR count). The number of amides is 2. The highest BCUT2D eigenvalue weighted by atomic mass is 32.2. The summed E-state index contributed by atoms with van der Waals surface area (Å²) in [7, 11) is -2.89. The van der Waals surface area contributed by atoms with Crippen LogP contribution in [-0.4, -0.2) is 37.5 Å². The van der Waals surface area contributed by atoms with Crippen LogP contribution >= 0.6 is 0 Å². The van der Waals surface area contributed by atoms with Crippen molar-refractivity contribution in [2.75, 3.05) is 23.4 Å². The molecule has 2 amide bonds. The Kier molecular flexibility index (Phi) is 3.81. The molecule has 0 bridgehead atoms. The first-order chi connectivity index (χ1) is 8.55. The van der Waals surface area contributed by atoms with Crippen LogP contribution in [-0.2, 0) is 9.84 Å². The smallest absolute Gasteiger partial charge is 0.320 e. The molecule has 2 heterocycles. The Morgan fingerprint density at radius 3 is 2.89 bits per heavy atom. The molecule has 0 aromatic carbocycles. The van der Waals surface area contributed by atoms with E-state index in [1.54, 1.807) is 24.4 Å². The highest BCUT2D eigenvalue weighted by Crippen LogP contribution is 2.17. The summed E-state index contributed by atoms with van der Waals surface area (Å²) in [6.45, 7) is 0.373. The largest absolute Gasteiger partial charge is 0.338 e. The highest BCUT2D eigenvalue weighted by molar-refractivity contribution is 7.91. The molecule has 1 aliphatic rings. The number of aromatic nitrogens is 1. The van der Waals surface area contributed by atoms with Crippen LogP contribution in [0.15, 0.2) is 24.4 Å². The van der Waals surface area contributed by atoms with Gasteiger partial charge in [-0.2, -0.15) is 0 Å². The van der Waals surface area contributed by atoms with Gasteiger partial charge in [-0.1, -0.05) is 6.07 Å². The zero-order chi connectivity index (χ0) is 13.0. The van der Waals surface area contributed by atoms with Gasteiger partial charge in [0.25, 0.3) is 0 Å². The fraction of sp³-hybridized carbons (Fsp3) is 0.455. The van der Waals surface area contributed by atoms with Gasteiger partial charge in [0.2, 0.25) is 0 Å². The van der Waals surface area contributed by atoms with Crippen molar-refractivity contribution in [3.8, 4) is 0 Å². The molecule has 0 spiro atoms. The lowest BCUT2D eigenvalue weighted by atomic mass is 10.1. The summed E-state index contributed by atoms with van der Waals surface area (Å²) in [5.74, 6) is 0.872. The first-order valence-corrected chi connectivity index (χ1v) is 7.53. The molecule has 18 heavy (non-hydrogen) atoms. The van der Waals surface area contributed by atoms with Crippen LogP contribution in [0.1, 0.15) is 6.42 Å². The summed E-state index contributed by atoms with van der Waals surface area (Å²) in [6, 6.07) is 4.84. The van der Waals surface area contributed by atoms with Crippen LogP contribution in [0.5, 0.6) is 0 Å². The van der Waals surface area contributed by atoms with Crippen molar-refractivity contribution in [2.45, 2.75) is 6.42 Å². The van der Waals surface area contributed by atoms with Crippen LogP contribution < -0.4 is 10.6 Å². The van der Waals surface area contributed by atoms with Crippen molar-refractivity contribution in [3.05, 3.63) is 24.4 Å². The van der Waals surface area contributed by atoms with E-state index in [-0.39, 0.29) is 23.5 Å². The lowest BCUT2D eigenvalue weighted by molar-refractivity contribution is 0.250. The summed E-state index contributed by atoms with van der Waals surface area (Å²) in [5, 5.41) is 5.23. The lowest BCUT2D eigenvalue weighted by Crippen LogP contribution is -2.33. The van der Waals surface area contributed by atoms with Gasteiger partial charge in [-0.15, -0.1) is 0 Å². The third kappa shape index (κ3) is 3.69.